The summed E-state index contributed by atoms with van der Waals surface area (Å²) in [4.78, 5) is 25.7. The van der Waals surface area contributed by atoms with E-state index in [2.05, 4.69) is 0 Å². The molecular weight excluding hydrogens is 280 g/mol. The van der Waals surface area contributed by atoms with Crippen LogP contribution in [0.25, 0.3) is 0 Å². The van der Waals surface area contributed by atoms with E-state index >= 15 is 0 Å². The molecule has 2 aliphatic rings. The van der Waals surface area contributed by atoms with Gasteiger partial charge in [0.05, 0.1) is 12.2 Å². The van der Waals surface area contributed by atoms with Crippen molar-refractivity contribution >= 4 is 21.8 Å². The van der Waals surface area contributed by atoms with Gasteiger partial charge >= 0.3 is 0 Å². The molecule has 0 aromatic carbocycles. The molecule has 1 atom stereocenters. The molecule has 2 rings (SSSR count). The van der Waals surface area contributed by atoms with Crippen LogP contribution in [0, 0.1) is 5.92 Å². The molecule has 2 fully saturated rings. The number of hydrogen-bond acceptors (Lipinski definition) is 4. The van der Waals surface area contributed by atoms with E-state index in [0.29, 0.717) is 6.54 Å². The maximum atomic E-state index is 12.1. The summed E-state index contributed by atoms with van der Waals surface area (Å²) in [5.41, 5.74) is 0. The van der Waals surface area contributed by atoms with E-state index in [1.807, 2.05) is 4.72 Å². The largest absolute Gasteiger partial charge is 0.339 e. The minimum atomic E-state index is -3.56. The van der Waals surface area contributed by atoms with Crippen LogP contribution in [-0.4, -0.2) is 44.0 Å². The van der Waals surface area contributed by atoms with Gasteiger partial charge in [-0.05, 0) is 12.8 Å². The lowest BCUT2D eigenvalue weighted by Gasteiger charge is -2.27. The van der Waals surface area contributed by atoms with Gasteiger partial charge in [-0.15, -0.1) is 0 Å². The topological polar surface area (TPSA) is 83.5 Å². The van der Waals surface area contributed by atoms with Crippen molar-refractivity contribution in [3.05, 3.63) is 0 Å². The van der Waals surface area contributed by atoms with Crippen molar-refractivity contribution in [1.82, 2.24) is 9.62 Å². The van der Waals surface area contributed by atoms with Crippen LogP contribution in [0.2, 0.25) is 0 Å². The van der Waals surface area contributed by atoms with Crippen molar-refractivity contribution in [3.63, 3.8) is 0 Å². The fourth-order valence-electron chi connectivity index (χ4n) is 3.10. The number of nitrogens with one attached hydrogen (secondary N) is 1. The third-order valence-corrected chi connectivity index (χ3v) is 4.65. The molecule has 20 heavy (non-hydrogen) atoms. The molecule has 0 bridgehead atoms. The van der Waals surface area contributed by atoms with Crippen LogP contribution in [0.1, 0.15) is 44.9 Å². The third kappa shape index (κ3) is 3.94. The van der Waals surface area contributed by atoms with Crippen LogP contribution in [0.4, 0.5) is 0 Å². The number of carbonyl (C=O) groups excluding carboxylic acids is 2. The standard InChI is InChI=1S/C13H22N2O4S/c1-20(18,19)14-13(17)10-8-12(16)15(9-10)11-6-4-2-3-5-7-11/h10-11H,2-9H2,1H3,(H,14,17)/t10-/m1/s1. The Bertz CT molecular complexity index is 481. The van der Waals surface area contributed by atoms with Gasteiger partial charge in [0.2, 0.25) is 21.8 Å². The van der Waals surface area contributed by atoms with Crippen LogP contribution in [-0.2, 0) is 19.6 Å². The first-order valence-corrected chi connectivity index (χ1v) is 9.07. The number of likely N-dealkylation sites (tertiary alicyclic amines) is 1. The number of amides is 2. The van der Waals surface area contributed by atoms with Gasteiger partial charge in [-0.3, -0.25) is 14.3 Å². The van der Waals surface area contributed by atoms with Crippen LogP contribution < -0.4 is 4.72 Å². The van der Waals surface area contributed by atoms with Crippen LogP contribution in [0.3, 0.4) is 0 Å². The quantitative estimate of drug-likeness (QED) is 0.775. The Morgan fingerprint density at radius 1 is 1.20 bits per heavy atom. The highest BCUT2D eigenvalue weighted by Crippen LogP contribution is 2.28. The highest BCUT2D eigenvalue weighted by Gasteiger charge is 2.38. The molecule has 0 spiro atoms. The van der Waals surface area contributed by atoms with E-state index in [4.69, 9.17) is 0 Å². The molecule has 6 nitrogen and oxygen atoms in total. The monoisotopic (exact) mass is 302 g/mol. The summed E-state index contributed by atoms with van der Waals surface area (Å²) in [7, 11) is -3.56. The molecule has 1 saturated heterocycles. The molecule has 114 valence electrons. The maximum Gasteiger partial charge on any atom is 0.238 e. The van der Waals surface area contributed by atoms with Gasteiger partial charge in [-0.25, -0.2) is 8.42 Å². The number of carbonyl (C=O) groups is 2. The molecule has 0 aromatic rings. The first-order valence-electron chi connectivity index (χ1n) is 7.18. The molecule has 1 saturated carbocycles. The molecule has 1 heterocycles. The minimum Gasteiger partial charge on any atom is -0.339 e. The third-order valence-electron chi connectivity index (χ3n) is 4.08. The van der Waals surface area contributed by atoms with Crippen molar-refractivity contribution in [3.8, 4) is 0 Å². The summed E-state index contributed by atoms with van der Waals surface area (Å²) in [5, 5.41) is 0. The summed E-state index contributed by atoms with van der Waals surface area (Å²) in [6.45, 7) is 0.352. The fraction of sp³-hybridized carbons (Fsp3) is 0.846. The van der Waals surface area contributed by atoms with Crippen LogP contribution >= 0.6 is 0 Å². The summed E-state index contributed by atoms with van der Waals surface area (Å²) < 4.78 is 24.1. The highest BCUT2D eigenvalue weighted by molar-refractivity contribution is 7.89. The Hall–Kier alpha value is -1.11. The van der Waals surface area contributed by atoms with Crippen LogP contribution in [0.5, 0.6) is 0 Å². The number of nitrogens with zero attached hydrogens (tertiary/aromatic N) is 1. The van der Waals surface area contributed by atoms with Gasteiger partial charge in [0, 0.05) is 19.0 Å². The zero-order valence-corrected chi connectivity index (χ0v) is 12.6. The van der Waals surface area contributed by atoms with E-state index in [1.54, 1.807) is 4.90 Å². The first kappa shape index (κ1) is 15.3. The van der Waals surface area contributed by atoms with Gasteiger partial charge in [-0.2, -0.15) is 0 Å². The smallest absolute Gasteiger partial charge is 0.238 e. The van der Waals surface area contributed by atoms with Crippen molar-refractivity contribution in [2.45, 2.75) is 51.0 Å². The second-order valence-electron chi connectivity index (χ2n) is 5.83. The molecule has 1 aliphatic heterocycles. The summed E-state index contributed by atoms with van der Waals surface area (Å²) in [5.74, 6) is -1.12. The molecule has 2 amide bonds. The molecule has 0 unspecified atom stereocenters. The zero-order valence-electron chi connectivity index (χ0n) is 11.8. The van der Waals surface area contributed by atoms with E-state index in [1.165, 1.54) is 12.8 Å². The normalized spacial score (nSPS) is 25.6. The fourth-order valence-corrected chi connectivity index (χ4v) is 3.63. The predicted octanol–water partition coefficient (Wildman–Crippen LogP) is 0.633. The molecule has 7 heteroatoms. The van der Waals surface area contributed by atoms with E-state index in [9.17, 15) is 18.0 Å². The number of sulfonamides is 1. The Morgan fingerprint density at radius 2 is 1.80 bits per heavy atom. The average molecular weight is 302 g/mol. The second-order valence-corrected chi connectivity index (χ2v) is 7.58. The lowest BCUT2D eigenvalue weighted by Crippen LogP contribution is -2.39. The molecule has 1 aliphatic carbocycles. The Morgan fingerprint density at radius 3 is 2.35 bits per heavy atom. The van der Waals surface area contributed by atoms with Gasteiger partial charge in [0.15, 0.2) is 0 Å². The van der Waals surface area contributed by atoms with Crippen molar-refractivity contribution in [2.24, 2.45) is 5.92 Å². The molecule has 1 N–H and O–H groups in total. The van der Waals surface area contributed by atoms with Crippen molar-refractivity contribution in [2.75, 3.05) is 12.8 Å². The predicted molar refractivity (Wildman–Crippen MR) is 74.3 cm³/mol. The van der Waals surface area contributed by atoms with E-state index < -0.39 is 21.8 Å². The van der Waals surface area contributed by atoms with Gasteiger partial charge < -0.3 is 4.90 Å². The summed E-state index contributed by atoms with van der Waals surface area (Å²) in [6.07, 6.45) is 7.71. The highest BCUT2D eigenvalue weighted by atomic mass is 32.2. The Labute approximate surface area is 120 Å². The lowest BCUT2D eigenvalue weighted by atomic mass is 10.1. The van der Waals surface area contributed by atoms with Crippen LogP contribution in [0.15, 0.2) is 0 Å². The van der Waals surface area contributed by atoms with Crippen molar-refractivity contribution < 1.29 is 18.0 Å². The average Bonchev–Trinajstić information content (AvgIpc) is 2.57. The SMILES string of the molecule is CS(=O)(=O)NC(=O)[C@@H]1CC(=O)N(C2CCCCCC2)C1. The van der Waals surface area contributed by atoms with Gasteiger partial charge in [0.25, 0.3) is 0 Å². The van der Waals surface area contributed by atoms with Crippen molar-refractivity contribution in [1.29, 1.82) is 0 Å². The Kier molecular flexibility index (Phi) is 4.67. The minimum absolute atomic E-state index is 0.0226. The van der Waals surface area contributed by atoms with E-state index in [-0.39, 0.29) is 18.4 Å². The lowest BCUT2D eigenvalue weighted by molar-refractivity contribution is -0.130. The van der Waals surface area contributed by atoms with E-state index in [0.717, 1.165) is 31.9 Å². The summed E-state index contributed by atoms with van der Waals surface area (Å²) in [6, 6.07) is 0.223. The first-order chi connectivity index (χ1) is 9.37. The molecule has 0 radical (unpaired) electrons. The zero-order chi connectivity index (χ0) is 14.8. The maximum absolute atomic E-state index is 12.1. The van der Waals surface area contributed by atoms with Gasteiger partial charge in [0.1, 0.15) is 0 Å². The Balaban J connectivity index is 1.97. The molecule has 0 aromatic heterocycles. The second kappa shape index (κ2) is 6.11. The molecular formula is C13H22N2O4S. The number of hydrogen-bond donors (Lipinski definition) is 1. The van der Waals surface area contributed by atoms with Gasteiger partial charge in [-0.1, -0.05) is 25.7 Å². The number of rotatable bonds is 3. The summed E-state index contributed by atoms with van der Waals surface area (Å²) >= 11 is 0.